The van der Waals surface area contributed by atoms with Gasteiger partial charge in [0.25, 0.3) is 0 Å². The van der Waals surface area contributed by atoms with Crippen LogP contribution in [0, 0.1) is 5.82 Å². The molecule has 2 atom stereocenters. The van der Waals surface area contributed by atoms with E-state index in [1.54, 1.807) is 13.8 Å². The van der Waals surface area contributed by atoms with E-state index in [9.17, 15) is 17.6 Å². The van der Waals surface area contributed by atoms with Crippen LogP contribution in [-0.2, 0) is 9.84 Å². The molecule has 1 fully saturated rings. The van der Waals surface area contributed by atoms with Crippen molar-refractivity contribution in [1.29, 1.82) is 0 Å². The molecule has 5 nitrogen and oxygen atoms in total. The number of halogens is 2. The Labute approximate surface area is 128 Å². The van der Waals surface area contributed by atoms with Gasteiger partial charge in [-0.05, 0) is 32.0 Å². The van der Waals surface area contributed by atoms with E-state index in [1.807, 2.05) is 0 Å². The third-order valence-corrected chi connectivity index (χ3v) is 6.37. The minimum absolute atomic E-state index is 0.0287. The molecule has 2 unspecified atom stereocenters. The summed E-state index contributed by atoms with van der Waals surface area (Å²) in [6.45, 7) is 3.39. The van der Waals surface area contributed by atoms with Crippen LogP contribution in [0.15, 0.2) is 18.2 Å². The lowest BCUT2D eigenvalue weighted by Crippen LogP contribution is -2.55. The molecule has 21 heavy (non-hydrogen) atoms. The number of nitrogens with one attached hydrogen (secondary N) is 1. The smallest absolute Gasteiger partial charge is 0.320 e. The lowest BCUT2D eigenvalue weighted by atomic mass is 10.2. The van der Waals surface area contributed by atoms with Crippen molar-refractivity contribution in [3.05, 3.63) is 29.0 Å². The Kier molecular flexibility index (Phi) is 4.43. The summed E-state index contributed by atoms with van der Waals surface area (Å²) in [7, 11) is -3.16. The van der Waals surface area contributed by atoms with Gasteiger partial charge in [-0.1, -0.05) is 11.6 Å². The number of carbonyl (C=O) groups excluding carboxylic acids is 1. The number of nitrogens with zero attached hydrogens (tertiary/aromatic N) is 1. The van der Waals surface area contributed by atoms with Gasteiger partial charge in [-0.3, -0.25) is 0 Å². The summed E-state index contributed by atoms with van der Waals surface area (Å²) in [6.07, 6.45) is 0. The lowest BCUT2D eigenvalue weighted by molar-refractivity contribution is 0.191. The van der Waals surface area contributed by atoms with Crippen molar-refractivity contribution >= 4 is 33.2 Å². The molecule has 0 spiro atoms. The molecule has 2 amide bonds. The maximum Gasteiger partial charge on any atom is 0.322 e. The van der Waals surface area contributed by atoms with Crippen LogP contribution < -0.4 is 5.32 Å². The van der Waals surface area contributed by atoms with Gasteiger partial charge in [-0.15, -0.1) is 0 Å². The first-order valence-corrected chi connectivity index (χ1v) is 8.56. The van der Waals surface area contributed by atoms with Crippen molar-refractivity contribution in [1.82, 2.24) is 4.90 Å². The third kappa shape index (κ3) is 3.29. The van der Waals surface area contributed by atoms with E-state index >= 15 is 0 Å². The maximum absolute atomic E-state index is 13.3. The number of benzene rings is 1. The highest BCUT2D eigenvalue weighted by Gasteiger charge is 2.38. The van der Waals surface area contributed by atoms with Crippen molar-refractivity contribution in [3.63, 3.8) is 0 Å². The van der Waals surface area contributed by atoms with E-state index in [2.05, 4.69) is 5.32 Å². The average molecular weight is 335 g/mol. The Morgan fingerprint density at radius 3 is 2.71 bits per heavy atom. The van der Waals surface area contributed by atoms with E-state index in [4.69, 9.17) is 11.6 Å². The Morgan fingerprint density at radius 2 is 2.10 bits per heavy atom. The highest BCUT2D eigenvalue weighted by Crippen LogP contribution is 2.22. The second-order valence-electron chi connectivity index (χ2n) is 5.07. The van der Waals surface area contributed by atoms with Gasteiger partial charge in [0.2, 0.25) is 0 Å². The zero-order valence-corrected chi connectivity index (χ0v) is 13.2. The predicted octanol–water partition coefficient (Wildman–Crippen LogP) is 2.52. The molecule has 1 N–H and O–H groups in total. The van der Waals surface area contributed by atoms with E-state index in [-0.39, 0.29) is 23.0 Å². The molecule has 0 aromatic heterocycles. The fraction of sp³-hybridized carbons (Fsp3) is 0.462. The van der Waals surface area contributed by atoms with E-state index < -0.39 is 33.0 Å². The SMILES string of the molecule is CC1C(C)S(=O)(=O)CCN1C(=O)Nc1ccc(Cl)c(F)c1. The van der Waals surface area contributed by atoms with Crippen molar-refractivity contribution in [2.75, 3.05) is 17.6 Å². The molecule has 0 saturated carbocycles. The summed E-state index contributed by atoms with van der Waals surface area (Å²) in [5.41, 5.74) is 0.273. The zero-order chi connectivity index (χ0) is 15.8. The molecule has 116 valence electrons. The highest BCUT2D eigenvalue weighted by molar-refractivity contribution is 7.92. The standard InChI is InChI=1S/C13H16ClFN2O3S/c1-8-9(2)21(19,20)6-5-17(8)13(18)16-10-3-4-11(14)12(15)7-10/h3-4,7-9H,5-6H2,1-2H3,(H,16,18). The zero-order valence-electron chi connectivity index (χ0n) is 11.6. The first kappa shape index (κ1) is 16.0. The molecule has 8 heteroatoms. The van der Waals surface area contributed by atoms with Crippen LogP contribution in [0.3, 0.4) is 0 Å². The average Bonchev–Trinajstić information content (AvgIpc) is 2.40. The summed E-state index contributed by atoms with van der Waals surface area (Å²) >= 11 is 5.57. The van der Waals surface area contributed by atoms with Crippen molar-refractivity contribution in [3.8, 4) is 0 Å². The molecule has 1 aromatic rings. The van der Waals surface area contributed by atoms with Gasteiger partial charge in [0.05, 0.1) is 16.0 Å². The lowest BCUT2D eigenvalue weighted by Gasteiger charge is -2.37. The highest BCUT2D eigenvalue weighted by atomic mass is 35.5. The second-order valence-corrected chi connectivity index (χ2v) is 7.95. The van der Waals surface area contributed by atoms with Crippen molar-refractivity contribution in [2.45, 2.75) is 25.1 Å². The molecule has 1 aliphatic heterocycles. The number of carbonyl (C=O) groups is 1. The van der Waals surface area contributed by atoms with Gasteiger partial charge in [0.15, 0.2) is 9.84 Å². The molecule has 1 saturated heterocycles. The number of hydrogen-bond acceptors (Lipinski definition) is 3. The molecule has 0 aliphatic carbocycles. The van der Waals surface area contributed by atoms with Gasteiger partial charge in [-0.25, -0.2) is 17.6 Å². The predicted molar refractivity (Wildman–Crippen MR) is 79.8 cm³/mol. The van der Waals surface area contributed by atoms with Crippen LogP contribution in [0.1, 0.15) is 13.8 Å². The topological polar surface area (TPSA) is 66.5 Å². The number of rotatable bonds is 1. The summed E-state index contributed by atoms with van der Waals surface area (Å²) in [4.78, 5) is 13.6. The van der Waals surface area contributed by atoms with Crippen LogP contribution in [0.5, 0.6) is 0 Å². The van der Waals surface area contributed by atoms with E-state index in [1.165, 1.54) is 17.0 Å². The maximum atomic E-state index is 13.3. The summed E-state index contributed by atoms with van der Waals surface area (Å²) < 4.78 is 36.9. The summed E-state index contributed by atoms with van der Waals surface area (Å²) in [5, 5.41) is 1.90. The number of sulfone groups is 1. The monoisotopic (exact) mass is 334 g/mol. The van der Waals surface area contributed by atoms with Crippen molar-refractivity contribution in [2.24, 2.45) is 0 Å². The fourth-order valence-corrected chi connectivity index (χ4v) is 3.91. The third-order valence-electron chi connectivity index (χ3n) is 3.79. The molecule has 1 aromatic carbocycles. The number of hydrogen-bond donors (Lipinski definition) is 1. The quantitative estimate of drug-likeness (QED) is 0.858. The first-order valence-electron chi connectivity index (χ1n) is 6.46. The Hall–Kier alpha value is -1.34. The Bertz CT molecular complexity index is 665. The van der Waals surface area contributed by atoms with E-state index in [0.29, 0.717) is 0 Å². The van der Waals surface area contributed by atoms with Gasteiger partial charge in [0.1, 0.15) is 5.82 Å². The van der Waals surface area contributed by atoms with Gasteiger partial charge < -0.3 is 10.2 Å². The molecule has 0 bridgehead atoms. The van der Waals surface area contributed by atoms with Crippen LogP contribution in [0.4, 0.5) is 14.9 Å². The van der Waals surface area contributed by atoms with Crippen LogP contribution in [0.25, 0.3) is 0 Å². The second kappa shape index (κ2) is 5.81. The molecule has 1 aliphatic rings. The van der Waals surface area contributed by atoms with Gasteiger partial charge in [-0.2, -0.15) is 0 Å². The van der Waals surface area contributed by atoms with Crippen LogP contribution >= 0.6 is 11.6 Å². The summed E-state index contributed by atoms with van der Waals surface area (Å²) in [5.74, 6) is -0.696. The number of anilines is 1. The number of urea groups is 1. The van der Waals surface area contributed by atoms with Crippen molar-refractivity contribution < 1.29 is 17.6 Å². The minimum atomic E-state index is -3.16. The largest absolute Gasteiger partial charge is 0.322 e. The molecule has 1 heterocycles. The van der Waals surface area contributed by atoms with Crippen LogP contribution in [-0.4, -0.2) is 42.9 Å². The molecule has 2 rings (SSSR count). The summed E-state index contributed by atoms with van der Waals surface area (Å²) in [6, 6.07) is 3.05. The minimum Gasteiger partial charge on any atom is -0.320 e. The molecular weight excluding hydrogens is 319 g/mol. The fourth-order valence-electron chi connectivity index (χ4n) is 2.22. The molecule has 0 radical (unpaired) electrons. The van der Waals surface area contributed by atoms with Crippen LogP contribution in [0.2, 0.25) is 5.02 Å². The number of amides is 2. The molecular formula is C13H16ClFN2O3S. The Morgan fingerprint density at radius 1 is 1.43 bits per heavy atom. The van der Waals surface area contributed by atoms with Gasteiger partial charge >= 0.3 is 6.03 Å². The van der Waals surface area contributed by atoms with E-state index in [0.717, 1.165) is 6.07 Å². The normalized spacial score (nSPS) is 24.7. The first-order chi connectivity index (χ1) is 9.72. The van der Waals surface area contributed by atoms with Gasteiger partial charge in [0, 0.05) is 18.3 Å². The Balaban J connectivity index is 2.12.